The number of thioether (sulfide) groups is 1. The highest BCUT2D eigenvalue weighted by molar-refractivity contribution is 8.00. The Bertz CT molecular complexity index is 217. The minimum Gasteiger partial charge on any atom is -0.478 e. The largest absolute Gasteiger partial charge is 0.478 e. The summed E-state index contributed by atoms with van der Waals surface area (Å²) in [5.74, 6) is -1.50. The molecular weight excluding hydrogens is 220 g/mol. The van der Waals surface area contributed by atoms with Crippen LogP contribution in [0.25, 0.3) is 0 Å². The number of rotatable bonds is 7. The number of hydrogen-bond acceptors (Lipinski definition) is 5. The fourth-order valence-corrected chi connectivity index (χ4v) is 1.67. The van der Waals surface area contributed by atoms with Gasteiger partial charge < -0.3 is 14.9 Å². The molecule has 0 saturated carbocycles. The van der Waals surface area contributed by atoms with E-state index in [0.29, 0.717) is 5.75 Å². The van der Waals surface area contributed by atoms with Gasteiger partial charge in [-0.3, -0.25) is 0 Å². The topological polar surface area (TPSA) is 83.8 Å². The van der Waals surface area contributed by atoms with Crippen molar-refractivity contribution in [1.82, 2.24) is 0 Å². The second-order valence-corrected chi connectivity index (χ2v) is 4.18. The molecule has 0 aromatic rings. The molecule has 0 spiro atoms. The van der Waals surface area contributed by atoms with Crippen LogP contribution in [0.5, 0.6) is 0 Å². The molecule has 0 saturated heterocycles. The van der Waals surface area contributed by atoms with Crippen molar-refractivity contribution in [3.63, 3.8) is 0 Å². The van der Waals surface area contributed by atoms with E-state index in [-0.39, 0.29) is 0 Å². The quantitative estimate of drug-likeness (QED) is 0.387. The third-order valence-corrected chi connectivity index (χ3v) is 2.66. The van der Waals surface area contributed by atoms with Crippen LogP contribution in [-0.2, 0) is 14.3 Å². The summed E-state index contributed by atoms with van der Waals surface area (Å²) in [5.41, 5.74) is -1.22. The monoisotopic (exact) mass is 236 g/mol. The van der Waals surface area contributed by atoms with E-state index in [1.54, 1.807) is 0 Å². The maximum Gasteiger partial charge on any atom is 0.355 e. The minimum atomic E-state index is -1.29. The molecule has 0 aromatic carbocycles. The molecule has 15 heavy (non-hydrogen) atoms. The van der Waals surface area contributed by atoms with Crippen LogP contribution >= 0.6 is 11.8 Å². The third-order valence-electron chi connectivity index (χ3n) is 1.53. The molecule has 0 aromatic heterocycles. The van der Waals surface area contributed by atoms with E-state index in [0.717, 1.165) is 24.6 Å². The van der Waals surface area contributed by atoms with E-state index in [1.165, 1.54) is 6.92 Å². The fourth-order valence-electron chi connectivity index (χ4n) is 0.694. The summed E-state index contributed by atoms with van der Waals surface area (Å²) in [6.45, 7) is 3.22. The van der Waals surface area contributed by atoms with E-state index in [9.17, 15) is 9.59 Å². The molecule has 2 unspecified atom stereocenters. The normalized spacial score (nSPS) is 14.3. The lowest BCUT2D eigenvalue weighted by atomic mass is 10.4. The first-order chi connectivity index (χ1) is 6.99. The number of esters is 1. The summed E-state index contributed by atoms with van der Waals surface area (Å²) < 4.78 is 4.59. The van der Waals surface area contributed by atoms with Crippen LogP contribution < -0.4 is 0 Å². The zero-order chi connectivity index (χ0) is 11.8. The zero-order valence-electron chi connectivity index (χ0n) is 8.80. The Kier molecular flexibility index (Phi) is 7.15. The van der Waals surface area contributed by atoms with Crippen molar-refractivity contribution in [2.24, 2.45) is 0 Å². The summed E-state index contributed by atoms with van der Waals surface area (Å²) in [4.78, 5) is 21.6. The number of carbonyl (C=O) groups excluding carboxylic acids is 1. The number of carbonyl (C=O) groups is 2. The minimum absolute atomic E-state index is 0.612. The van der Waals surface area contributed by atoms with Gasteiger partial charge >= 0.3 is 11.9 Å². The van der Waals surface area contributed by atoms with E-state index >= 15 is 0 Å². The zero-order valence-corrected chi connectivity index (χ0v) is 9.62. The highest BCUT2D eigenvalue weighted by atomic mass is 32.2. The molecule has 0 fully saturated rings. The molecule has 0 aliphatic carbocycles. The molecule has 0 heterocycles. The number of aliphatic hydroxyl groups is 1. The summed E-state index contributed by atoms with van der Waals surface area (Å²) in [7, 11) is 0. The maximum atomic E-state index is 10.9. The van der Waals surface area contributed by atoms with Crippen molar-refractivity contribution < 1.29 is 24.5 Å². The van der Waals surface area contributed by atoms with Gasteiger partial charge in [-0.15, -0.1) is 11.8 Å². The second kappa shape index (κ2) is 7.53. The Morgan fingerprint density at radius 1 is 1.47 bits per heavy atom. The van der Waals surface area contributed by atoms with Crippen LogP contribution in [0.1, 0.15) is 26.7 Å². The Balaban J connectivity index is 4.05. The van der Waals surface area contributed by atoms with Gasteiger partial charge in [-0.1, -0.05) is 13.3 Å². The number of carboxylic acid groups (broad SMARTS) is 1. The summed E-state index contributed by atoms with van der Waals surface area (Å²) in [6, 6.07) is 0. The smallest absolute Gasteiger partial charge is 0.355 e. The van der Waals surface area contributed by atoms with E-state index in [1.807, 2.05) is 6.92 Å². The lowest BCUT2D eigenvalue weighted by molar-refractivity contribution is -0.163. The number of aliphatic carboxylic acids is 1. The van der Waals surface area contributed by atoms with Gasteiger partial charge in [0.15, 0.2) is 0 Å². The molecule has 5 nitrogen and oxygen atoms in total. The second-order valence-electron chi connectivity index (χ2n) is 3.01. The third kappa shape index (κ3) is 6.35. The highest BCUT2D eigenvalue weighted by Gasteiger charge is 2.24. The molecule has 6 heteroatoms. The van der Waals surface area contributed by atoms with Crippen LogP contribution in [0.3, 0.4) is 0 Å². The lowest BCUT2D eigenvalue weighted by Crippen LogP contribution is -2.29. The van der Waals surface area contributed by atoms with Gasteiger partial charge in [-0.05, 0) is 19.1 Å². The highest BCUT2D eigenvalue weighted by Crippen LogP contribution is 2.15. The number of hydrogen-bond donors (Lipinski definition) is 2. The Morgan fingerprint density at radius 3 is 2.47 bits per heavy atom. The average Bonchev–Trinajstić information content (AvgIpc) is 2.15. The van der Waals surface area contributed by atoms with Crippen molar-refractivity contribution in [2.75, 3.05) is 5.75 Å². The lowest BCUT2D eigenvalue weighted by Gasteiger charge is -2.13. The van der Waals surface area contributed by atoms with Crippen molar-refractivity contribution in [3.8, 4) is 0 Å². The van der Waals surface area contributed by atoms with Gasteiger partial charge in [-0.2, -0.15) is 0 Å². The maximum absolute atomic E-state index is 10.9. The van der Waals surface area contributed by atoms with Gasteiger partial charge in [0, 0.05) is 0 Å². The standard InChI is InChI=1S/C9H16O5S/c1-3-4-5-15-9(7(11)12)14-8(13)6(2)10/h6,9-10H,3-5H2,1-2H3,(H,11,12). The van der Waals surface area contributed by atoms with Gasteiger partial charge in [0.2, 0.25) is 5.44 Å². The molecule has 2 atom stereocenters. The first kappa shape index (κ1) is 14.2. The average molecular weight is 236 g/mol. The molecule has 2 N–H and O–H groups in total. The first-order valence-electron chi connectivity index (χ1n) is 4.72. The summed E-state index contributed by atoms with van der Waals surface area (Å²) in [6.07, 6.45) is 0.517. The summed E-state index contributed by atoms with van der Waals surface area (Å²) >= 11 is 1.05. The SMILES string of the molecule is CCCCSC(OC(=O)C(C)O)C(=O)O. The van der Waals surface area contributed by atoms with Gasteiger partial charge in [-0.25, -0.2) is 9.59 Å². The molecule has 0 amide bonds. The van der Waals surface area contributed by atoms with E-state index in [2.05, 4.69) is 4.74 Å². The van der Waals surface area contributed by atoms with Crippen LogP contribution in [0.2, 0.25) is 0 Å². The predicted octanol–water partition coefficient (Wildman–Crippen LogP) is 0.854. The predicted molar refractivity (Wildman–Crippen MR) is 56.6 cm³/mol. The number of ether oxygens (including phenoxy) is 1. The molecular formula is C9H16O5S. The molecule has 0 rings (SSSR count). The van der Waals surface area contributed by atoms with Crippen molar-refractivity contribution >= 4 is 23.7 Å². The van der Waals surface area contributed by atoms with Crippen LogP contribution in [-0.4, -0.2) is 39.4 Å². The van der Waals surface area contributed by atoms with Crippen LogP contribution in [0, 0.1) is 0 Å². The van der Waals surface area contributed by atoms with Gasteiger partial charge in [0.1, 0.15) is 6.10 Å². The van der Waals surface area contributed by atoms with Crippen molar-refractivity contribution in [1.29, 1.82) is 0 Å². The van der Waals surface area contributed by atoms with Crippen molar-refractivity contribution in [3.05, 3.63) is 0 Å². The molecule has 88 valence electrons. The number of unbranched alkanes of at least 4 members (excludes halogenated alkanes) is 1. The molecule has 0 radical (unpaired) electrons. The number of carboxylic acids is 1. The van der Waals surface area contributed by atoms with Gasteiger partial charge in [0.05, 0.1) is 0 Å². The summed E-state index contributed by atoms with van der Waals surface area (Å²) in [5, 5.41) is 17.6. The first-order valence-corrected chi connectivity index (χ1v) is 5.76. The van der Waals surface area contributed by atoms with E-state index in [4.69, 9.17) is 10.2 Å². The van der Waals surface area contributed by atoms with Crippen LogP contribution in [0.15, 0.2) is 0 Å². The van der Waals surface area contributed by atoms with Gasteiger partial charge in [0.25, 0.3) is 0 Å². The Hall–Kier alpha value is -0.750. The molecule has 0 aliphatic rings. The van der Waals surface area contributed by atoms with E-state index < -0.39 is 23.5 Å². The Labute approximate surface area is 92.8 Å². The fraction of sp³-hybridized carbons (Fsp3) is 0.778. The van der Waals surface area contributed by atoms with Crippen molar-refractivity contribution in [2.45, 2.75) is 38.2 Å². The van der Waals surface area contributed by atoms with Crippen LogP contribution in [0.4, 0.5) is 0 Å². The molecule has 0 bridgehead atoms. The molecule has 0 aliphatic heterocycles. The Morgan fingerprint density at radius 2 is 2.07 bits per heavy atom. The number of aliphatic hydroxyl groups excluding tert-OH is 1.